The Bertz CT molecular complexity index is 213. The Morgan fingerprint density at radius 2 is 2.29 bits per heavy atom. The van der Waals surface area contributed by atoms with Crippen LogP contribution in [-0.4, -0.2) is 41.3 Å². The lowest BCUT2D eigenvalue weighted by molar-refractivity contribution is 0.136. The SMILES string of the molecule is CCCOCCNCCn1ccnn1. The molecule has 5 heteroatoms. The van der Waals surface area contributed by atoms with Crippen LogP contribution in [0.15, 0.2) is 12.4 Å². The molecule has 5 nitrogen and oxygen atoms in total. The first-order valence-corrected chi connectivity index (χ1v) is 5.06. The molecule has 0 bridgehead atoms. The Labute approximate surface area is 84.4 Å². The van der Waals surface area contributed by atoms with Gasteiger partial charge in [-0.1, -0.05) is 12.1 Å². The first-order valence-electron chi connectivity index (χ1n) is 5.06. The van der Waals surface area contributed by atoms with E-state index in [4.69, 9.17) is 4.74 Å². The fourth-order valence-corrected chi connectivity index (χ4v) is 1.06. The molecule has 14 heavy (non-hydrogen) atoms. The summed E-state index contributed by atoms with van der Waals surface area (Å²) in [6, 6.07) is 0. The van der Waals surface area contributed by atoms with Crippen molar-refractivity contribution >= 4 is 0 Å². The normalized spacial score (nSPS) is 10.6. The van der Waals surface area contributed by atoms with E-state index < -0.39 is 0 Å². The highest BCUT2D eigenvalue weighted by Crippen LogP contribution is 1.80. The zero-order chi connectivity index (χ0) is 10.1. The zero-order valence-electron chi connectivity index (χ0n) is 8.65. The van der Waals surface area contributed by atoms with Gasteiger partial charge in [0.2, 0.25) is 0 Å². The smallest absolute Gasteiger partial charge is 0.0692 e. The van der Waals surface area contributed by atoms with Crippen LogP contribution in [0.3, 0.4) is 0 Å². The van der Waals surface area contributed by atoms with Gasteiger partial charge in [0, 0.05) is 25.9 Å². The predicted octanol–water partition coefficient (Wildman–Crippen LogP) is 0.294. The summed E-state index contributed by atoms with van der Waals surface area (Å²) >= 11 is 0. The molecule has 0 aliphatic rings. The second-order valence-electron chi connectivity index (χ2n) is 3.03. The highest BCUT2D eigenvalue weighted by atomic mass is 16.5. The lowest BCUT2D eigenvalue weighted by Crippen LogP contribution is -2.24. The van der Waals surface area contributed by atoms with Gasteiger partial charge in [-0.2, -0.15) is 0 Å². The van der Waals surface area contributed by atoms with E-state index in [0.29, 0.717) is 0 Å². The number of hydrogen-bond acceptors (Lipinski definition) is 4. The first-order chi connectivity index (χ1) is 6.93. The van der Waals surface area contributed by atoms with E-state index in [-0.39, 0.29) is 0 Å². The number of nitrogens with one attached hydrogen (secondary N) is 1. The molecule has 80 valence electrons. The highest BCUT2D eigenvalue weighted by molar-refractivity contribution is 4.64. The van der Waals surface area contributed by atoms with E-state index in [0.717, 1.165) is 39.3 Å². The van der Waals surface area contributed by atoms with Crippen molar-refractivity contribution in [1.29, 1.82) is 0 Å². The van der Waals surface area contributed by atoms with Crippen LogP contribution in [0.4, 0.5) is 0 Å². The van der Waals surface area contributed by atoms with Crippen molar-refractivity contribution in [1.82, 2.24) is 20.3 Å². The van der Waals surface area contributed by atoms with Crippen molar-refractivity contribution in [3.63, 3.8) is 0 Å². The maximum atomic E-state index is 5.32. The average molecular weight is 198 g/mol. The van der Waals surface area contributed by atoms with Crippen LogP contribution in [0.2, 0.25) is 0 Å². The van der Waals surface area contributed by atoms with Gasteiger partial charge in [0.1, 0.15) is 0 Å². The van der Waals surface area contributed by atoms with Crippen molar-refractivity contribution in [2.75, 3.05) is 26.3 Å². The van der Waals surface area contributed by atoms with Crippen molar-refractivity contribution in [3.05, 3.63) is 12.4 Å². The van der Waals surface area contributed by atoms with E-state index in [1.807, 2.05) is 6.20 Å². The van der Waals surface area contributed by atoms with Gasteiger partial charge in [-0.15, -0.1) is 5.10 Å². The quantitative estimate of drug-likeness (QED) is 0.610. The van der Waals surface area contributed by atoms with Crippen molar-refractivity contribution in [2.24, 2.45) is 0 Å². The second-order valence-corrected chi connectivity index (χ2v) is 3.03. The summed E-state index contributed by atoms with van der Waals surface area (Å²) in [7, 11) is 0. The molecule has 1 rings (SSSR count). The van der Waals surface area contributed by atoms with E-state index in [1.165, 1.54) is 0 Å². The largest absolute Gasteiger partial charge is 0.380 e. The molecule has 0 atom stereocenters. The number of aromatic nitrogens is 3. The minimum Gasteiger partial charge on any atom is -0.380 e. The predicted molar refractivity (Wildman–Crippen MR) is 54.0 cm³/mol. The third-order valence-corrected chi connectivity index (χ3v) is 1.76. The van der Waals surface area contributed by atoms with E-state index in [2.05, 4.69) is 22.6 Å². The minimum absolute atomic E-state index is 0.783. The summed E-state index contributed by atoms with van der Waals surface area (Å²) in [5, 5.41) is 10.8. The molecule has 1 heterocycles. The molecule has 1 N–H and O–H groups in total. The summed E-state index contributed by atoms with van der Waals surface area (Å²) in [6.45, 7) is 6.40. The van der Waals surface area contributed by atoms with Gasteiger partial charge in [0.25, 0.3) is 0 Å². The van der Waals surface area contributed by atoms with Gasteiger partial charge in [0.05, 0.1) is 19.3 Å². The third kappa shape index (κ3) is 4.94. The van der Waals surface area contributed by atoms with E-state index in [9.17, 15) is 0 Å². The van der Waals surface area contributed by atoms with Crippen LogP contribution in [0.5, 0.6) is 0 Å². The van der Waals surface area contributed by atoms with Crippen molar-refractivity contribution in [3.8, 4) is 0 Å². The maximum absolute atomic E-state index is 5.32. The molecular weight excluding hydrogens is 180 g/mol. The van der Waals surface area contributed by atoms with Crippen LogP contribution >= 0.6 is 0 Å². The number of hydrogen-bond donors (Lipinski definition) is 1. The molecule has 0 spiro atoms. The van der Waals surface area contributed by atoms with E-state index >= 15 is 0 Å². The lowest BCUT2D eigenvalue weighted by Gasteiger charge is -2.04. The van der Waals surface area contributed by atoms with Crippen LogP contribution in [0.1, 0.15) is 13.3 Å². The minimum atomic E-state index is 0.783. The Balaban J connectivity index is 1.85. The Morgan fingerprint density at radius 3 is 3.00 bits per heavy atom. The van der Waals surface area contributed by atoms with Crippen molar-refractivity contribution in [2.45, 2.75) is 19.9 Å². The number of nitrogens with zero attached hydrogens (tertiary/aromatic N) is 3. The summed E-state index contributed by atoms with van der Waals surface area (Å²) in [6.07, 6.45) is 4.62. The van der Waals surface area contributed by atoms with Crippen LogP contribution in [0.25, 0.3) is 0 Å². The summed E-state index contributed by atoms with van der Waals surface area (Å²) in [5.41, 5.74) is 0. The maximum Gasteiger partial charge on any atom is 0.0692 e. The fourth-order valence-electron chi connectivity index (χ4n) is 1.06. The molecule has 0 aliphatic carbocycles. The van der Waals surface area contributed by atoms with Crippen LogP contribution < -0.4 is 5.32 Å². The molecule has 0 radical (unpaired) electrons. The van der Waals surface area contributed by atoms with Gasteiger partial charge < -0.3 is 10.1 Å². The first kappa shape index (κ1) is 11.1. The van der Waals surface area contributed by atoms with Gasteiger partial charge in [-0.25, -0.2) is 0 Å². The molecule has 0 aliphatic heterocycles. The molecular formula is C9H18N4O. The molecule has 0 saturated carbocycles. The molecule has 0 amide bonds. The number of rotatable bonds is 8. The summed E-state index contributed by atoms with van der Waals surface area (Å²) in [4.78, 5) is 0. The Kier molecular flexibility index (Phi) is 5.94. The Hall–Kier alpha value is -0.940. The second kappa shape index (κ2) is 7.46. The topological polar surface area (TPSA) is 52.0 Å². The van der Waals surface area contributed by atoms with Gasteiger partial charge >= 0.3 is 0 Å². The molecule has 1 aromatic rings. The monoisotopic (exact) mass is 198 g/mol. The third-order valence-electron chi connectivity index (χ3n) is 1.76. The standard InChI is InChI=1S/C9H18N4O/c1-2-8-14-9-5-10-3-6-13-7-4-11-12-13/h4,7,10H,2-3,5-6,8-9H2,1H3. The lowest BCUT2D eigenvalue weighted by atomic mass is 10.5. The molecule has 0 aromatic carbocycles. The summed E-state index contributed by atoms with van der Waals surface area (Å²) < 4.78 is 7.13. The number of ether oxygens (including phenoxy) is 1. The van der Waals surface area contributed by atoms with Crippen LogP contribution in [0, 0.1) is 0 Å². The van der Waals surface area contributed by atoms with Gasteiger partial charge in [0.15, 0.2) is 0 Å². The van der Waals surface area contributed by atoms with Gasteiger partial charge in [-0.3, -0.25) is 4.68 Å². The molecule has 0 fully saturated rings. The van der Waals surface area contributed by atoms with E-state index in [1.54, 1.807) is 10.9 Å². The highest BCUT2D eigenvalue weighted by Gasteiger charge is 1.91. The fraction of sp³-hybridized carbons (Fsp3) is 0.778. The van der Waals surface area contributed by atoms with Crippen molar-refractivity contribution < 1.29 is 4.74 Å². The molecule has 0 saturated heterocycles. The Morgan fingerprint density at radius 1 is 1.36 bits per heavy atom. The zero-order valence-corrected chi connectivity index (χ0v) is 8.65. The molecule has 1 aromatic heterocycles. The molecule has 0 unspecified atom stereocenters. The van der Waals surface area contributed by atoms with Gasteiger partial charge in [-0.05, 0) is 6.42 Å². The summed E-state index contributed by atoms with van der Waals surface area (Å²) in [5.74, 6) is 0. The van der Waals surface area contributed by atoms with Crippen LogP contribution in [-0.2, 0) is 11.3 Å². The average Bonchev–Trinajstić information content (AvgIpc) is 2.69.